The van der Waals surface area contributed by atoms with Crippen molar-refractivity contribution in [3.63, 3.8) is 0 Å². The molecule has 0 aliphatic carbocycles. The molecule has 0 fully saturated rings. The zero-order valence-electron chi connectivity index (χ0n) is 12.3. The van der Waals surface area contributed by atoms with Crippen LogP contribution in [0.3, 0.4) is 0 Å². The molecule has 0 aromatic heterocycles. The van der Waals surface area contributed by atoms with Gasteiger partial charge in [-0.2, -0.15) is 0 Å². The maximum absolute atomic E-state index is 11.3. The SMILES string of the molecule is CCC(C)(CN(CC(C)C)CC(C)C)C(=O)O. The second-order valence-corrected chi connectivity index (χ2v) is 6.20. The van der Waals surface area contributed by atoms with E-state index in [1.165, 1.54) is 0 Å². The van der Waals surface area contributed by atoms with Crippen LogP contribution in [0, 0.1) is 17.3 Å². The lowest BCUT2D eigenvalue weighted by Gasteiger charge is -2.33. The second-order valence-electron chi connectivity index (χ2n) is 6.20. The van der Waals surface area contributed by atoms with E-state index in [4.69, 9.17) is 0 Å². The molecule has 0 rings (SSSR count). The fraction of sp³-hybridized carbons (Fsp3) is 0.929. The minimum Gasteiger partial charge on any atom is -0.481 e. The minimum atomic E-state index is -0.683. The predicted molar refractivity (Wildman–Crippen MR) is 72.1 cm³/mol. The smallest absolute Gasteiger partial charge is 0.310 e. The predicted octanol–water partition coefficient (Wildman–Crippen LogP) is 3.10. The molecule has 0 aliphatic heterocycles. The van der Waals surface area contributed by atoms with E-state index < -0.39 is 11.4 Å². The van der Waals surface area contributed by atoms with Crippen molar-refractivity contribution in [3.8, 4) is 0 Å². The molecule has 0 heterocycles. The highest BCUT2D eigenvalue weighted by molar-refractivity contribution is 5.74. The Morgan fingerprint density at radius 2 is 1.59 bits per heavy atom. The van der Waals surface area contributed by atoms with Crippen molar-refractivity contribution in [1.82, 2.24) is 4.90 Å². The monoisotopic (exact) mass is 243 g/mol. The van der Waals surface area contributed by atoms with E-state index in [0.717, 1.165) is 13.1 Å². The third kappa shape index (κ3) is 6.06. The van der Waals surface area contributed by atoms with E-state index in [2.05, 4.69) is 32.6 Å². The van der Waals surface area contributed by atoms with E-state index in [0.29, 0.717) is 24.8 Å². The molecule has 1 atom stereocenters. The largest absolute Gasteiger partial charge is 0.481 e. The first-order valence-electron chi connectivity index (χ1n) is 6.67. The van der Waals surface area contributed by atoms with Gasteiger partial charge in [-0.3, -0.25) is 4.79 Å². The van der Waals surface area contributed by atoms with Crippen molar-refractivity contribution in [1.29, 1.82) is 0 Å². The molecule has 1 unspecified atom stereocenters. The highest BCUT2D eigenvalue weighted by atomic mass is 16.4. The van der Waals surface area contributed by atoms with Crippen LogP contribution in [0.4, 0.5) is 0 Å². The molecule has 0 spiro atoms. The third-order valence-electron chi connectivity index (χ3n) is 3.12. The summed E-state index contributed by atoms with van der Waals surface area (Å²) in [6.07, 6.45) is 0.676. The van der Waals surface area contributed by atoms with E-state index >= 15 is 0 Å². The van der Waals surface area contributed by atoms with Gasteiger partial charge in [0.25, 0.3) is 0 Å². The van der Waals surface area contributed by atoms with Crippen LogP contribution in [-0.2, 0) is 4.79 Å². The fourth-order valence-electron chi connectivity index (χ4n) is 2.06. The van der Waals surface area contributed by atoms with Gasteiger partial charge in [-0.05, 0) is 25.2 Å². The number of carboxylic acid groups (broad SMARTS) is 1. The second kappa shape index (κ2) is 7.00. The molecule has 0 aromatic rings. The summed E-state index contributed by atoms with van der Waals surface area (Å²) in [5, 5.41) is 9.32. The maximum Gasteiger partial charge on any atom is 0.310 e. The van der Waals surface area contributed by atoms with Crippen LogP contribution in [0.25, 0.3) is 0 Å². The molecule has 0 amide bonds. The molecule has 17 heavy (non-hydrogen) atoms. The van der Waals surface area contributed by atoms with Crippen LogP contribution >= 0.6 is 0 Å². The third-order valence-corrected chi connectivity index (χ3v) is 3.12. The topological polar surface area (TPSA) is 40.5 Å². The summed E-state index contributed by atoms with van der Waals surface area (Å²) in [4.78, 5) is 13.6. The number of hydrogen-bond donors (Lipinski definition) is 1. The first kappa shape index (κ1) is 16.4. The van der Waals surface area contributed by atoms with E-state index in [-0.39, 0.29) is 0 Å². The normalized spacial score (nSPS) is 15.6. The van der Waals surface area contributed by atoms with Crippen LogP contribution in [0.15, 0.2) is 0 Å². The summed E-state index contributed by atoms with van der Waals surface area (Å²) in [5.74, 6) is 0.463. The minimum absolute atomic E-state index is 0.573. The first-order chi connectivity index (χ1) is 7.71. The van der Waals surface area contributed by atoms with E-state index in [9.17, 15) is 9.90 Å². The Kier molecular flexibility index (Phi) is 6.76. The van der Waals surface area contributed by atoms with Crippen molar-refractivity contribution >= 4 is 5.97 Å². The summed E-state index contributed by atoms with van der Waals surface area (Å²) in [6, 6.07) is 0. The van der Waals surface area contributed by atoms with Gasteiger partial charge in [0.05, 0.1) is 5.41 Å². The Labute approximate surface area is 106 Å². The van der Waals surface area contributed by atoms with Crippen molar-refractivity contribution in [2.45, 2.75) is 48.0 Å². The highest BCUT2D eigenvalue weighted by Gasteiger charge is 2.33. The molecule has 0 saturated heterocycles. The Hall–Kier alpha value is -0.570. The quantitative estimate of drug-likeness (QED) is 0.712. The summed E-state index contributed by atoms with van der Waals surface area (Å²) in [7, 11) is 0. The van der Waals surface area contributed by atoms with Gasteiger partial charge in [0.2, 0.25) is 0 Å². The average Bonchev–Trinajstić information content (AvgIpc) is 2.14. The number of nitrogens with zero attached hydrogens (tertiary/aromatic N) is 1. The zero-order chi connectivity index (χ0) is 13.6. The number of carboxylic acids is 1. The van der Waals surface area contributed by atoms with Gasteiger partial charge in [0.15, 0.2) is 0 Å². The lowest BCUT2D eigenvalue weighted by Crippen LogP contribution is -2.43. The van der Waals surface area contributed by atoms with Crippen LogP contribution < -0.4 is 0 Å². The van der Waals surface area contributed by atoms with Gasteiger partial charge in [-0.15, -0.1) is 0 Å². The van der Waals surface area contributed by atoms with Crippen LogP contribution in [-0.4, -0.2) is 35.6 Å². The standard InChI is InChI=1S/C14H29NO2/c1-7-14(6,13(16)17)10-15(8-11(2)3)9-12(4)5/h11-12H,7-10H2,1-6H3,(H,16,17). The van der Waals surface area contributed by atoms with Gasteiger partial charge in [-0.25, -0.2) is 0 Å². The molecule has 3 nitrogen and oxygen atoms in total. The molecule has 0 saturated carbocycles. The van der Waals surface area contributed by atoms with E-state index in [1.54, 1.807) is 0 Å². The van der Waals surface area contributed by atoms with E-state index in [1.807, 2.05) is 13.8 Å². The molecular formula is C14H29NO2. The molecule has 0 aliphatic rings. The van der Waals surface area contributed by atoms with Crippen molar-refractivity contribution in [2.75, 3.05) is 19.6 Å². The molecule has 1 N–H and O–H groups in total. The van der Waals surface area contributed by atoms with Gasteiger partial charge >= 0.3 is 5.97 Å². The van der Waals surface area contributed by atoms with Gasteiger partial charge < -0.3 is 10.0 Å². The van der Waals surface area contributed by atoms with Crippen LogP contribution in [0.1, 0.15) is 48.0 Å². The summed E-state index contributed by atoms with van der Waals surface area (Å²) in [5.41, 5.74) is -0.621. The van der Waals surface area contributed by atoms with Gasteiger partial charge in [-0.1, -0.05) is 34.6 Å². The number of aliphatic carboxylic acids is 1. The molecule has 0 aromatic carbocycles. The average molecular weight is 243 g/mol. The van der Waals surface area contributed by atoms with Gasteiger partial charge in [0.1, 0.15) is 0 Å². The Bertz CT molecular complexity index is 228. The molecule has 3 heteroatoms. The lowest BCUT2D eigenvalue weighted by atomic mass is 9.86. The molecule has 0 bridgehead atoms. The van der Waals surface area contributed by atoms with Gasteiger partial charge in [0, 0.05) is 19.6 Å². The van der Waals surface area contributed by atoms with Crippen LogP contribution in [0.2, 0.25) is 0 Å². The Morgan fingerprint density at radius 3 is 1.82 bits per heavy atom. The molecule has 0 radical (unpaired) electrons. The fourth-order valence-corrected chi connectivity index (χ4v) is 2.06. The summed E-state index contributed by atoms with van der Waals surface area (Å²) in [6.45, 7) is 15.1. The van der Waals surface area contributed by atoms with Crippen LogP contribution in [0.5, 0.6) is 0 Å². The number of carbonyl (C=O) groups is 1. The maximum atomic E-state index is 11.3. The Morgan fingerprint density at radius 1 is 1.18 bits per heavy atom. The number of hydrogen-bond acceptors (Lipinski definition) is 2. The molecule has 102 valence electrons. The summed E-state index contributed by atoms with van der Waals surface area (Å²) < 4.78 is 0. The van der Waals surface area contributed by atoms with Crippen molar-refractivity contribution in [3.05, 3.63) is 0 Å². The summed E-state index contributed by atoms with van der Waals surface area (Å²) >= 11 is 0. The highest BCUT2D eigenvalue weighted by Crippen LogP contribution is 2.24. The number of rotatable bonds is 8. The molecular weight excluding hydrogens is 214 g/mol. The lowest BCUT2D eigenvalue weighted by molar-refractivity contribution is -0.149. The Balaban J connectivity index is 4.64. The zero-order valence-corrected chi connectivity index (χ0v) is 12.3. The van der Waals surface area contributed by atoms with Crippen molar-refractivity contribution in [2.24, 2.45) is 17.3 Å². The van der Waals surface area contributed by atoms with Crippen molar-refractivity contribution < 1.29 is 9.90 Å². The first-order valence-corrected chi connectivity index (χ1v) is 6.67.